The summed E-state index contributed by atoms with van der Waals surface area (Å²) in [6.07, 6.45) is 3.63. The Hall–Kier alpha value is -1.60. The molecule has 1 saturated heterocycles. The molecule has 0 aliphatic carbocycles. The van der Waals surface area contributed by atoms with Crippen molar-refractivity contribution in [3.8, 4) is 11.9 Å². The number of nitriles is 1. The summed E-state index contributed by atoms with van der Waals surface area (Å²) in [7, 11) is 0. The maximum absolute atomic E-state index is 8.62. The topological polar surface area (TPSA) is 55.1 Å². The van der Waals surface area contributed by atoms with Crippen molar-refractivity contribution in [3.63, 3.8) is 0 Å². The molecule has 1 aliphatic rings. The van der Waals surface area contributed by atoms with Gasteiger partial charge in [-0.15, -0.1) is 0 Å². The minimum absolute atomic E-state index is 0.554. The summed E-state index contributed by atoms with van der Waals surface area (Å²) in [5.74, 6) is 1.15. The van der Waals surface area contributed by atoms with E-state index < -0.39 is 0 Å². The molecular formula is C12H14N2O2. The number of hydrogen-bond acceptors (Lipinski definition) is 4. The molecule has 2 heterocycles. The lowest BCUT2D eigenvalue weighted by Crippen LogP contribution is -2.21. The Labute approximate surface area is 94.8 Å². The van der Waals surface area contributed by atoms with Crippen molar-refractivity contribution in [2.45, 2.75) is 12.8 Å². The molecule has 0 bridgehead atoms. The first-order chi connectivity index (χ1) is 7.88. The first kappa shape index (κ1) is 10.9. The molecule has 2 rings (SSSR count). The van der Waals surface area contributed by atoms with Crippen molar-refractivity contribution in [1.82, 2.24) is 4.98 Å². The third-order valence-corrected chi connectivity index (χ3v) is 2.67. The molecule has 16 heavy (non-hydrogen) atoms. The highest BCUT2D eigenvalue weighted by molar-refractivity contribution is 5.28. The SMILES string of the molecule is N#Cc1ccc(OCC2CCOCC2)nc1. The van der Waals surface area contributed by atoms with Gasteiger partial charge in [0.2, 0.25) is 5.88 Å². The van der Waals surface area contributed by atoms with Crippen LogP contribution in [0.1, 0.15) is 18.4 Å². The van der Waals surface area contributed by atoms with Crippen LogP contribution in [0.25, 0.3) is 0 Å². The van der Waals surface area contributed by atoms with E-state index in [-0.39, 0.29) is 0 Å². The fourth-order valence-corrected chi connectivity index (χ4v) is 1.65. The fourth-order valence-electron chi connectivity index (χ4n) is 1.65. The molecular weight excluding hydrogens is 204 g/mol. The summed E-state index contributed by atoms with van der Waals surface area (Å²) < 4.78 is 10.8. The zero-order valence-corrected chi connectivity index (χ0v) is 9.06. The zero-order chi connectivity index (χ0) is 11.2. The van der Waals surface area contributed by atoms with Crippen LogP contribution in [0, 0.1) is 17.2 Å². The lowest BCUT2D eigenvalue weighted by atomic mass is 10.0. The van der Waals surface area contributed by atoms with E-state index in [4.69, 9.17) is 14.7 Å². The average molecular weight is 218 g/mol. The van der Waals surface area contributed by atoms with Gasteiger partial charge in [0.1, 0.15) is 6.07 Å². The molecule has 0 unspecified atom stereocenters. The van der Waals surface area contributed by atoms with Gasteiger partial charge in [0.25, 0.3) is 0 Å². The minimum atomic E-state index is 0.554. The van der Waals surface area contributed by atoms with Gasteiger partial charge < -0.3 is 9.47 Å². The Morgan fingerprint density at radius 2 is 2.25 bits per heavy atom. The standard InChI is InChI=1S/C12H14N2O2/c13-7-11-1-2-12(14-8-11)16-9-10-3-5-15-6-4-10/h1-2,8,10H,3-6,9H2. The number of nitrogens with zero attached hydrogens (tertiary/aromatic N) is 2. The van der Waals surface area contributed by atoms with Crippen LogP contribution in [0.15, 0.2) is 18.3 Å². The van der Waals surface area contributed by atoms with Crippen molar-refractivity contribution in [1.29, 1.82) is 5.26 Å². The maximum atomic E-state index is 8.62. The summed E-state index contributed by atoms with van der Waals surface area (Å²) >= 11 is 0. The lowest BCUT2D eigenvalue weighted by Gasteiger charge is -2.21. The van der Waals surface area contributed by atoms with Crippen molar-refractivity contribution < 1.29 is 9.47 Å². The van der Waals surface area contributed by atoms with Crippen LogP contribution in [-0.2, 0) is 4.74 Å². The Morgan fingerprint density at radius 3 is 2.88 bits per heavy atom. The number of rotatable bonds is 3. The van der Waals surface area contributed by atoms with Crippen molar-refractivity contribution >= 4 is 0 Å². The predicted molar refractivity (Wildman–Crippen MR) is 58.0 cm³/mol. The van der Waals surface area contributed by atoms with Gasteiger partial charge in [-0.25, -0.2) is 4.98 Å². The van der Waals surface area contributed by atoms with Gasteiger partial charge in [-0.05, 0) is 24.8 Å². The smallest absolute Gasteiger partial charge is 0.213 e. The second-order valence-corrected chi connectivity index (χ2v) is 3.86. The highest BCUT2D eigenvalue weighted by Gasteiger charge is 2.14. The van der Waals surface area contributed by atoms with Crippen LogP contribution in [0.2, 0.25) is 0 Å². The molecule has 0 saturated carbocycles. The van der Waals surface area contributed by atoms with Crippen LogP contribution >= 0.6 is 0 Å². The van der Waals surface area contributed by atoms with Crippen LogP contribution in [-0.4, -0.2) is 24.8 Å². The summed E-state index contributed by atoms with van der Waals surface area (Å²) in [5, 5.41) is 8.62. The van der Waals surface area contributed by atoms with E-state index in [0.717, 1.165) is 26.1 Å². The molecule has 0 radical (unpaired) electrons. The third kappa shape index (κ3) is 2.94. The molecule has 0 amide bonds. The molecule has 84 valence electrons. The molecule has 1 aliphatic heterocycles. The zero-order valence-electron chi connectivity index (χ0n) is 9.06. The van der Waals surface area contributed by atoms with Crippen molar-refractivity contribution in [3.05, 3.63) is 23.9 Å². The summed E-state index contributed by atoms with van der Waals surface area (Å²) in [6, 6.07) is 5.47. The van der Waals surface area contributed by atoms with Gasteiger partial charge in [-0.2, -0.15) is 5.26 Å². The molecule has 0 N–H and O–H groups in total. The van der Waals surface area contributed by atoms with E-state index in [9.17, 15) is 0 Å². The molecule has 0 spiro atoms. The van der Waals surface area contributed by atoms with Crippen molar-refractivity contribution in [2.24, 2.45) is 5.92 Å². The van der Waals surface area contributed by atoms with Crippen molar-refractivity contribution in [2.75, 3.05) is 19.8 Å². The Morgan fingerprint density at radius 1 is 1.44 bits per heavy atom. The van der Waals surface area contributed by atoms with Gasteiger partial charge in [-0.1, -0.05) is 0 Å². The fraction of sp³-hybridized carbons (Fsp3) is 0.500. The Bertz CT molecular complexity index is 364. The van der Waals surface area contributed by atoms with E-state index in [2.05, 4.69) is 4.98 Å². The van der Waals surface area contributed by atoms with E-state index in [0.29, 0.717) is 24.0 Å². The Kier molecular flexibility index (Phi) is 3.73. The van der Waals surface area contributed by atoms with Gasteiger partial charge in [0.15, 0.2) is 0 Å². The van der Waals surface area contributed by atoms with Gasteiger partial charge >= 0.3 is 0 Å². The predicted octanol–water partition coefficient (Wildman–Crippen LogP) is 1.76. The highest BCUT2D eigenvalue weighted by atomic mass is 16.5. The van der Waals surface area contributed by atoms with E-state index in [1.54, 1.807) is 12.1 Å². The minimum Gasteiger partial charge on any atom is -0.477 e. The van der Waals surface area contributed by atoms with Crippen LogP contribution in [0.3, 0.4) is 0 Å². The quantitative estimate of drug-likeness (QED) is 0.775. The second-order valence-electron chi connectivity index (χ2n) is 3.86. The molecule has 1 fully saturated rings. The summed E-state index contributed by atoms with van der Waals surface area (Å²) in [5.41, 5.74) is 0.554. The molecule has 4 nitrogen and oxygen atoms in total. The first-order valence-electron chi connectivity index (χ1n) is 5.45. The van der Waals surface area contributed by atoms with Crippen LogP contribution in [0.4, 0.5) is 0 Å². The number of pyridine rings is 1. The largest absolute Gasteiger partial charge is 0.477 e. The molecule has 0 aromatic carbocycles. The molecule has 4 heteroatoms. The monoisotopic (exact) mass is 218 g/mol. The highest BCUT2D eigenvalue weighted by Crippen LogP contribution is 2.16. The van der Waals surface area contributed by atoms with Gasteiger partial charge in [0, 0.05) is 25.5 Å². The third-order valence-electron chi connectivity index (χ3n) is 2.67. The Balaban J connectivity index is 1.82. The average Bonchev–Trinajstić information content (AvgIpc) is 2.38. The normalized spacial score (nSPS) is 16.7. The number of ether oxygens (including phenoxy) is 2. The summed E-state index contributed by atoms with van der Waals surface area (Å²) in [6.45, 7) is 2.34. The summed E-state index contributed by atoms with van der Waals surface area (Å²) in [4.78, 5) is 4.06. The van der Waals surface area contributed by atoms with E-state index >= 15 is 0 Å². The van der Waals surface area contributed by atoms with E-state index in [1.165, 1.54) is 6.20 Å². The number of hydrogen-bond donors (Lipinski definition) is 0. The second kappa shape index (κ2) is 5.47. The van der Waals surface area contributed by atoms with Crippen LogP contribution in [0.5, 0.6) is 5.88 Å². The molecule has 0 atom stereocenters. The molecule has 1 aromatic rings. The molecule has 1 aromatic heterocycles. The lowest BCUT2D eigenvalue weighted by molar-refractivity contribution is 0.0490. The van der Waals surface area contributed by atoms with Gasteiger partial charge in [-0.3, -0.25) is 0 Å². The maximum Gasteiger partial charge on any atom is 0.213 e. The van der Waals surface area contributed by atoms with Gasteiger partial charge in [0.05, 0.1) is 12.2 Å². The van der Waals surface area contributed by atoms with E-state index in [1.807, 2.05) is 6.07 Å². The van der Waals surface area contributed by atoms with Crippen LogP contribution < -0.4 is 4.74 Å². The first-order valence-corrected chi connectivity index (χ1v) is 5.45. The number of aromatic nitrogens is 1.